The molecule has 128 valence electrons. The second kappa shape index (κ2) is 6.49. The second-order valence-electron chi connectivity index (χ2n) is 5.47. The van der Waals surface area contributed by atoms with E-state index in [4.69, 9.17) is 31.6 Å². The topological polar surface area (TPSA) is 103 Å². The predicted octanol–water partition coefficient (Wildman–Crippen LogP) is 3.55. The van der Waals surface area contributed by atoms with Crippen molar-refractivity contribution in [3.8, 4) is 16.9 Å². The molecule has 0 spiro atoms. The zero-order valence-corrected chi connectivity index (χ0v) is 13.9. The molecule has 0 unspecified atom stereocenters. The van der Waals surface area contributed by atoms with Crippen molar-refractivity contribution in [2.75, 3.05) is 5.73 Å². The van der Waals surface area contributed by atoms with Gasteiger partial charge in [0.25, 0.3) is 0 Å². The fraction of sp³-hybridized carbons (Fsp3) is 0.111. The summed E-state index contributed by atoms with van der Waals surface area (Å²) in [7, 11) is 0. The SMILES string of the molecule is C[C@@H](Oc1ccc2c(-c3ccc(N)cc3Cl)cc(=O)oc2c1)C(=O)O. The molecule has 1 aromatic heterocycles. The normalized spacial score (nSPS) is 12.1. The van der Waals surface area contributed by atoms with E-state index in [1.54, 1.807) is 30.3 Å². The Morgan fingerprint density at radius 3 is 2.64 bits per heavy atom. The van der Waals surface area contributed by atoms with Crippen molar-refractivity contribution in [3.63, 3.8) is 0 Å². The molecule has 7 heteroatoms. The minimum atomic E-state index is -1.09. The van der Waals surface area contributed by atoms with Crippen LogP contribution in [0.3, 0.4) is 0 Å². The number of aliphatic carboxylic acids is 1. The van der Waals surface area contributed by atoms with Crippen LogP contribution in [-0.2, 0) is 4.79 Å². The molecule has 1 heterocycles. The summed E-state index contributed by atoms with van der Waals surface area (Å²) < 4.78 is 10.5. The maximum absolute atomic E-state index is 11.9. The molecular formula is C18H14ClNO5. The summed E-state index contributed by atoms with van der Waals surface area (Å²) in [5, 5.41) is 9.97. The number of nitrogens with two attached hydrogens (primary N) is 1. The van der Waals surface area contributed by atoms with Crippen LogP contribution in [0.5, 0.6) is 5.75 Å². The fourth-order valence-corrected chi connectivity index (χ4v) is 2.73. The molecule has 0 bridgehead atoms. The summed E-state index contributed by atoms with van der Waals surface area (Å²) in [5.74, 6) is -0.810. The van der Waals surface area contributed by atoms with Crippen molar-refractivity contribution < 1.29 is 19.1 Å². The Morgan fingerprint density at radius 2 is 1.96 bits per heavy atom. The highest BCUT2D eigenvalue weighted by Gasteiger charge is 2.15. The smallest absolute Gasteiger partial charge is 0.344 e. The summed E-state index contributed by atoms with van der Waals surface area (Å²) in [6.45, 7) is 1.41. The lowest BCUT2D eigenvalue weighted by atomic mass is 10.0. The number of hydrogen-bond acceptors (Lipinski definition) is 5. The van der Waals surface area contributed by atoms with E-state index in [1.807, 2.05) is 0 Å². The van der Waals surface area contributed by atoms with E-state index < -0.39 is 17.7 Å². The summed E-state index contributed by atoms with van der Waals surface area (Å²) in [6, 6.07) is 11.1. The maximum atomic E-state index is 11.9. The molecular weight excluding hydrogens is 346 g/mol. The number of halogens is 1. The number of nitrogen functional groups attached to an aromatic ring is 1. The van der Waals surface area contributed by atoms with Gasteiger partial charge in [-0.1, -0.05) is 17.7 Å². The van der Waals surface area contributed by atoms with Crippen molar-refractivity contribution in [2.45, 2.75) is 13.0 Å². The quantitative estimate of drug-likeness (QED) is 0.545. The number of carboxylic acid groups (broad SMARTS) is 1. The number of benzene rings is 2. The maximum Gasteiger partial charge on any atom is 0.344 e. The third-order valence-corrected chi connectivity index (χ3v) is 3.97. The molecule has 3 N–H and O–H groups in total. The predicted molar refractivity (Wildman–Crippen MR) is 95.1 cm³/mol. The lowest BCUT2D eigenvalue weighted by Gasteiger charge is -2.12. The van der Waals surface area contributed by atoms with Crippen LogP contribution in [0.4, 0.5) is 5.69 Å². The third-order valence-electron chi connectivity index (χ3n) is 3.66. The molecule has 0 aliphatic rings. The van der Waals surface area contributed by atoms with Gasteiger partial charge in [0.05, 0.1) is 5.02 Å². The van der Waals surface area contributed by atoms with Gasteiger partial charge in [-0.15, -0.1) is 0 Å². The molecule has 6 nitrogen and oxygen atoms in total. The van der Waals surface area contributed by atoms with E-state index in [1.165, 1.54) is 19.1 Å². The summed E-state index contributed by atoms with van der Waals surface area (Å²) in [5.41, 5.74) is 7.17. The van der Waals surface area contributed by atoms with Crippen LogP contribution in [0, 0.1) is 0 Å². The molecule has 0 radical (unpaired) electrons. The Bertz CT molecular complexity index is 1030. The van der Waals surface area contributed by atoms with E-state index in [-0.39, 0.29) is 11.3 Å². The Hall–Kier alpha value is -2.99. The van der Waals surface area contributed by atoms with E-state index in [0.29, 0.717) is 27.2 Å². The summed E-state index contributed by atoms with van der Waals surface area (Å²) in [4.78, 5) is 22.8. The van der Waals surface area contributed by atoms with Crippen LogP contribution in [0.15, 0.2) is 51.7 Å². The van der Waals surface area contributed by atoms with Crippen LogP contribution >= 0.6 is 11.6 Å². The first-order chi connectivity index (χ1) is 11.8. The molecule has 0 aliphatic carbocycles. The lowest BCUT2D eigenvalue weighted by Crippen LogP contribution is -2.22. The monoisotopic (exact) mass is 359 g/mol. The number of hydrogen-bond donors (Lipinski definition) is 2. The first kappa shape index (κ1) is 16.9. The highest BCUT2D eigenvalue weighted by Crippen LogP contribution is 2.34. The van der Waals surface area contributed by atoms with Gasteiger partial charge in [0, 0.05) is 34.3 Å². The first-order valence-electron chi connectivity index (χ1n) is 7.38. The van der Waals surface area contributed by atoms with Crippen molar-refractivity contribution >= 4 is 34.2 Å². The van der Waals surface area contributed by atoms with E-state index >= 15 is 0 Å². The van der Waals surface area contributed by atoms with Gasteiger partial charge in [-0.3, -0.25) is 0 Å². The highest BCUT2D eigenvalue weighted by atomic mass is 35.5. The van der Waals surface area contributed by atoms with Crippen molar-refractivity contribution in [2.24, 2.45) is 0 Å². The number of carboxylic acids is 1. The van der Waals surface area contributed by atoms with E-state index in [0.717, 1.165) is 0 Å². The van der Waals surface area contributed by atoms with Crippen LogP contribution in [0.1, 0.15) is 6.92 Å². The lowest BCUT2D eigenvalue weighted by molar-refractivity contribution is -0.144. The number of anilines is 1. The number of ether oxygens (including phenoxy) is 1. The Balaban J connectivity index is 2.14. The second-order valence-corrected chi connectivity index (χ2v) is 5.88. The van der Waals surface area contributed by atoms with Crippen LogP contribution in [0.2, 0.25) is 5.02 Å². The molecule has 3 rings (SSSR count). The molecule has 0 amide bonds. The summed E-state index contributed by atoms with van der Waals surface area (Å²) >= 11 is 6.25. The Morgan fingerprint density at radius 1 is 1.20 bits per heavy atom. The molecule has 0 fully saturated rings. The van der Waals surface area contributed by atoms with Gasteiger partial charge in [0.2, 0.25) is 0 Å². The average molecular weight is 360 g/mol. The highest BCUT2D eigenvalue weighted by molar-refractivity contribution is 6.34. The largest absolute Gasteiger partial charge is 0.479 e. The average Bonchev–Trinajstić information content (AvgIpc) is 2.53. The first-order valence-corrected chi connectivity index (χ1v) is 7.75. The van der Waals surface area contributed by atoms with Crippen molar-refractivity contribution in [3.05, 3.63) is 57.9 Å². The van der Waals surface area contributed by atoms with Crippen LogP contribution in [0.25, 0.3) is 22.1 Å². The Kier molecular flexibility index (Phi) is 4.37. The van der Waals surface area contributed by atoms with Crippen LogP contribution in [-0.4, -0.2) is 17.2 Å². The third kappa shape index (κ3) is 3.44. The van der Waals surface area contributed by atoms with Gasteiger partial charge >= 0.3 is 11.6 Å². The minimum Gasteiger partial charge on any atom is -0.479 e. The molecule has 2 aromatic carbocycles. The van der Waals surface area contributed by atoms with Gasteiger partial charge in [-0.05, 0) is 31.2 Å². The number of carbonyl (C=O) groups is 1. The van der Waals surface area contributed by atoms with Crippen molar-refractivity contribution in [1.29, 1.82) is 0 Å². The van der Waals surface area contributed by atoms with E-state index in [2.05, 4.69) is 0 Å². The molecule has 3 aromatic rings. The van der Waals surface area contributed by atoms with Gasteiger partial charge < -0.3 is 20.0 Å². The zero-order valence-electron chi connectivity index (χ0n) is 13.2. The molecule has 1 atom stereocenters. The number of rotatable bonds is 4. The van der Waals surface area contributed by atoms with Gasteiger partial charge in [-0.25, -0.2) is 9.59 Å². The van der Waals surface area contributed by atoms with E-state index in [9.17, 15) is 9.59 Å². The molecule has 25 heavy (non-hydrogen) atoms. The van der Waals surface area contributed by atoms with Gasteiger partial charge in [0.1, 0.15) is 11.3 Å². The minimum absolute atomic E-state index is 0.269. The van der Waals surface area contributed by atoms with Gasteiger partial charge in [-0.2, -0.15) is 0 Å². The fourth-order valence-electron chi connectivity index (χ4n) is 2.44. The van der Waals surface area contributed by atoms with Crippen LogP contribution < -0.4 is 16.1 Å². The van der Waals surface area contributed by atoms with Crippen molar-refractivity contribution in [1.82, 2.24) is 0 Å². The molecule has 0 aliphatic heterocycles. The summed E-state index contributed by atoms with van der Waals surface area (Å²) in [6.07, 6.45) is -1.03. The molecule has 0 saturated heterocycles. The zero-order chi connectivity index (χ0) is 18.1. The number of fused-ring (bicyclic) bond motifs is 1. The Labute approximate surface area is 147 Å². The standard InChI is InChI=1S/C18H14ClNO5/c1-9(18(22)23)24-11-3-5-13-14(8-17(21)25-16(13)7-11)12-4-2-10(20)6-15(12)19/h2-9H,20H2,1H3,(H,22,23)/t9-/m1/s1. The molecule has 0 saturated carbocycles. The van der Waals surface area contributed by atoms with Gasteiger partial charge in [0.15, 0.2) is 6.10 Å².